The molecule has 0 fully saturated rings. The Bertz CT molecular complexity index is 1590. The van der Waals surface area contributed by atoms with Gasteiger partial charge in [0, 0.05) is 23.2 Å². The largest absolute Gasteiger partial charge is 0.454 e. The van der Waals surface area contributed by atoms with Crippen LogP contribution < -0.4 is 5.32 Å². The second-order valence-electron chi connectivity index (χ2n) is 7.79. The summed E-state index contributed by atoms with van der Waals surface area (Å²) in [5, 5.41) is 8.53. The lowest BCUT2D eigenvalue weighted by Gasteiger charge is -1.98. The number of amides is 1. The molecule has 0 aliphatic rings. The number of para-hydroxylation sites is 4. The number of nitrogens with one attached hydrogen (secondary N) is 2. The Balaban J connectivity index is 1.34. The standard InChI is InChI=1S/C27H19N5O2/c33-25(30-27-28-21-11-5-6-12-22(21)29-27)15-14-19-17-32(20-9-2-1-3-10-20)31-26(19)24-16-18-8-4-7-13-23(18)34-24/h1-17H,(H2,28,29,30,33). The van der Waals surface area contributed by atoms with Gasteiger partial charge in [-0.05, 0) is 42.5 Å². The van der Waals surface area contributed by atoms with Crippen LogP contribution in [0.15, 0.2) is 102 Å². The minimum absolute atomic E-state index is 0.304. The summed E-state index contributed by atoms with van der Waals surface area (Å²) >= 11 is 0. The fourth-order valence-corrected chi connectivity index (χ4v) is 3.85. The van der Waals surface area contributed by atoms with Crippen LogP contribution in [-0.2, 0) is 4.79 Å². The number of nitrogens with zero attached hydrogens (tertiary/aromatic N) is 3. The van der Waals surface area contributed by atoms with E-state index >= 15 is 0 Å². The molecule has 3 heterocycles. The van der Waals surface area contributed by atoms with Crippen LogP contribution in [0.25, 0.3) is 45.2 Å². The molecule has 0 aliphatic heterocycles. The molecule has 0 radical (unpaired) electrons. The fourth-order valence-electron chi connectivity index (χ4n) is 3.85. The maximum absolute atomic E-state index is 12.6. The van der Waals surface area contributed by atoms with Gasteiger partial charge in [0.2, 0.25) is 5.95 Å². The first-order valence-corrected chi connectivity index (χ1v) is 10.8. The number of benzene rings is 3. The molecule has 7 heteroatoms. The van der Waals surface area contributed by atoms with Crippen LogP contribution in [-0.4, -0.2) is 25.7 Å². The Labute approximate surface area is 194 Å². The molecule has 34 heavy (non-hydrogen) atoms. The van der Waals surface area contributed by atoms with Gasteiger partial charge in [0.15, 0.2) is 5.76 Å². The van der Waals surface area contributed by atoms with Gasteiger partial charge in [-0.25, -0.2) is 9.67 Å². The number of carbonyl (C=O) groups is 1. The van der Waals surface area contributed by atoms with E-state index in [4.69, 9.17) is 9.52 Å². The third-order valence-electron chi connectivity index (χ3n) is 5.47. The zero-order valence-electron chi connectivity index (χ0n) is 18.0. The Morgan fingerprint density at radius 3 is 2.62 bits per heavy atom. The van der Waals surface area contributed by atoms with Crippen LogP contribution >= 0.6 is 0 Å². The highest BCUT2D eigenvalue weighted by molar-refractivity contribution is 6.02. The number of carbonyl (C=O) groups excluding carboxylic acids is 1. The number of furan rings is 1. The Morgan fingerprint density at radius 2 is 1.76 bits per heavy atom. The first-order valence-electron chi connectivity index (χ1n) is 10.8. The minimum Gasteiger partial charge on any atom is -0.454 e. The van der Waals surface area contributed by atoms with E-state index in [1.54, 1.807) is 10.8 Å². The number of aromatic nitrogens is 4. The maximum Gasteiger partial charge on any atom is 0.250 e. The van der Waals surface area contributed by atoms with Crippen molar-refractivity contribution in [1.82, 2.24) is 19.7 Å². The lowest BCUT2D eigenvalue weighted by atomic mass is 10.2. The van der Waals surface area contributed by atoms with E-state index in [1.807, 2.05) is 91.1 Å². The zero-order valence-corrected chi connectivity index (χ0v) is 18.0. The van der Waals surface area contributed by atoms with Gasteiger partial charge in [0.1, 0.15) is 11.3 Å². The first kappa shape index (κ1) is 19.8. The van der Waals surface area contributed by atoms with Crippen molar-refractivity contribution < 1.29 is 9.21 Å². The van der Waals surface area contributed by atoms with Gasteiger partial charge in [-0.3, -0.25) is 10.1 Å². The van der Waals surface area contributed by atoms with Crippen molar-refractivity contribution in [3.8, 4) is 17.1 Å². The van der Waals surface area contributed by atoms with Crippen molar-refractivity contribution in [1.29, 1.82) is 0 Å². The van der Waals surface area contributed by atoms with Crippen LogP contribution in [0.4, 0.5) is 5.95 Å². The molecule has 2 N–H and O–H groups in total. The molecule has 3 aromatic heterocycles. The summed E-state index contributed by atoms with van der Waals surface area (Å²) in [6.07, 6.45) is 5.07. The minimum atomic E-state index is -0.304. The van der Waals surface area contributed by atoms with Gasteiger partial charge in [-0.2, -0.15) is 5.10 Å². The predicted octanol–water partition coefficient (Wildman–Crippen LogP) is 5.81. The van der Waals surface area contributed by atoms with Crippen molar-refractivity contribution in [2.75, 3.05) is 5.32 Å². The zero-order chi connectivity index (χ0) is 22.9. The number of H-pyrrole nitrogens is 1. The molecule has 0 atom stereocenters. The van der Waals surface area contributed by atoms with Crippen LogP contribution in [0.3, 0.4) is 0 Å². The molecule has 6 aromatic rings. The van der Waals surface area contributed by atoms with E-state index in [0.29, 0.717) is 17.4 Å². The number of hydrogen-bond acceptors (Lipinski definition) is 4. The van der Waals surface area contributed by atoms with Gasteiger partial charge in [-0.1, -0.05) is 48.5 Å². The molecule has 0 aliphatic carbocycles. The Hall–Kier alpha value is -4.91. The van der Waals surface area contributed by atoms with Crippen LogP contribution in [0.2, 0.25) is 0 Å². The van der Waals surface area contributed by atoms with Crippen molar-refractivity contribution >= 4 is 39.9 Å². The summed E-state index contributed by atoms with van der Waals surface area (Å²) in [4.78, 5) is 20.1. The second-order valence-corrected chi connectivity index (χ2v) is 7.79. The summed E-state index contributed by atoms with van der Waals surface area (Å²) in [6.45, 7) is 0. The van der Waals surface area contributed by atoms with Crippen LogP contribution in [0.1, 0.15) is 5.56 Å². The number of fused-ring (bicyclic) bond motifs is 2. The summed E-state index contributed by atoms with van der Waals surface area (Å²) in [5.41, 5.74) is 4.74. The van der Waals surface area contributed by atoms with E-state index in [9.17, 15) is 4.79 Å². The molecular formula is C27H19N5O2. The number of rotatable bonds is 5. The highest BCUT2D eigenvalue weighted by Crippen LogP contribution is 2.30. The molecule has 164 valence electrons. The topological polar surface area (TPSA) is 88.7 Å². The second kappa shape index (κ2) is 8.22. The molecule has 0 saturated carbocycles. The summed E-state index contributed by atoms with van der Waals surface area (Å²) in [6, 6.07) is 27.2. The Morgan fingerprint density at radius 1 is 0.971 bits per heavy atom. The highest BCUT2D eigenvalue weighted by atomic mass is 16.3. The lowest BCUT2D eigenvalue weighted by molar-refractivity contribution is -0.111. The Kier molecular flexibility index (Phi) is 4.77. The number of aromatic amines is 1. The third-order valence-corrected chi connectivity index (χ3v) is 5.47. The van der Waals surface area contributed by atoms with Gasteiger partial charge < -0.3 is 9.40 Å². The molecule has 6 rings (SSSR count). The molecule has 0 bridgehead atoms. The molecular weight excluding hydrogens is 426 g/mol. The van der Waals surface area contributed by atoms with E-state index in [-0.39, 0.29) is 5.91 Å². The van der Waals surface area contributed by atoms with Crippen LogP contribution in [0.5, 0.6) is 0 Å². The molecule has 0 unspecified atom stereocenters. The van der Waals surface area contributed by atoms with Gasteiger partial charge in [0.05, 0.1) is 16.7 Å². The van der Waals surface area contributed by atoms with E-state index < -0.39 is 0 Å². The third kappa shape index (κ3) is 3.75. The van der Waals surface area contributed by atoms with E-state index in [0.717, 1.165) is 33.3 Å². The summed E-state index contributed by atoms with van der Waals surface area (Å²) < 4.78 is 7.83. The summed E-state index contributed by atoms with van der Waals surface area (Å²) in [5.74, 6) is 0.726. The van der Waals surface area contributed by atoms with E-state index in [1.165, 1.54) is 6.08 Å². The number of imidazole rings is 1. The number of anilines is 1. The van der Waals surface area contributed by atoms with Gasteiger partial charge in [-0.15, -0.1) is 0 Å². The first-order chi connectivity index (χ1) is 16.7. The van der Waals surface area contributed by atoms with Gasteiger partial charge in [0.25, 0.3) is 5.91 Å². The van der Waals surface area contributed by atoms with Crippen molar-refractivity contribution in [3.63, 3.8) is 0 Å². The van der Waals surface area contributed by atoms with Crippen molar-refractivity contribution in [2.45, 2.75) is 0 Å². The smallest absolute Gasteiger partial charge is 0.250 e. The van der Waals surface area contributed by atoms with Gasteiger partial charge >= 0.3 is 0 Å². The fraction of sp³-hybridized carbons (Fsp3) is 0. The van der Waals surface area contributed by atoms with Crippen LogP contribution in [0, 0.1) is 0 Å². The monoisotopic (exact) mass is 445 g/mol. The molecule has 0 saturated heterocycles. The van der Waals surface area contributed by atoms with Crippen molar-refractivity contribution in [2.24, 2.45) is 0 Å². The average molecular weight is 445 g/mol. The molecule has 7 nitrogen and oxygen atoms in total. The lowest BCUT2D eigenvalue weighted by Crippen LogP contribution is -2.08. The number of hydrogen-bond donors (Lipinski definition) is 2. The molecule has 3 aromatic carbocycles. The molecule has 1 amide bonds. The average Bonchev–Trinajstić information content (AvgIpc) is 3.58. The quantitative estimate of drug-likeness (QED) is 0.328. The maximum atomic E-state index is 12.6. The summed E-state index contributed by atoms with van der Waals surface area (Å²) in [7, 11) is 0. The predicted molar refractivity (Wildman–Crippen MR) is 133 cm³/mol. The molecule has 0 spiro atoms. The normalized spacial score (nSPS) is 11.5. The SMILES string of the molecule is O=C(C=Cc1cn(-c2ccccc2)nc1-c1cc2ccccc2o1)Nc1nc2ccccc2[nH]1. The highest BCUT2D eigenvalue weighted by Gasteiger charge is 2.15. The van der Waals surface area contributed by atoms with E-state index in [2.05, 4.69) is 15.3 Å². The van der Waals surface area contributed by atoms with Crippen molar-refractivity contribution in [3.05, 3.63) is 103 Å².